The molecule has 4 heterocycles. The van der Waals surface area contributed by atoms with Gasteiger partial charge in [-0.25, -0.2) is 24.3 Å². The van der Waals surface area contributed by atoms with Crippen molar-refractivity contribution in [3.63, 3.8) is 0 Å². The summed E-state index contributed by atoms with van der Waals surface area (Å²) in [4.78, 5) is 78.9. The zero-order valence-electron chi connectivity index (χ0n) is 39.5. The topological polar surface area (TPSA) is 336 Å². The summed E-state index contributed by atoms with van der Waals surface area (Å²) in [6, 6.07) is 24.5. The van der Waals surface area contributed by atoms with Crippen LogP contribution in [0, 0.1) is 39.7 Å². The number of aromatic nitrogens is 8. The Balaban J connectivity index is -0.000000404. The molecule has 24 nitrogen and oxygen atoms in total. The molecular weight excluding hydrogens is 1240 g/mol. The van der Waals surface area contributed by atoms with Crippen molar-refractivity contribution < 1.29 is 182 Å². The number of carbonyl (C=O) groups is 3. The van der Waals surface area contributed by atoms with Crippen LogP contribution in [-0.4, -0.2) is 82.6 Å². The summed E-state index contributed by atoms with van der Waals surface area (Å²) >= 11 is 2.26. The number of hydrogen-bond acceptors (Lipinski definition) is 17. The van der Waals surface area contributed by atoms with Gasteiger partial charge in [-0.15, -0.1) is 0 Å². The van der Waals surface area contributed by atoms with E-state index in [9.17, 15) is 44.3 Å². The summed E-state index contributed by atoms with van der Waals surface area (Å²) in [7, 11) is 0. The Morgan fingerprint density at radius 1 is 0.658 bits per heavy atom. The molecule has 0 bridgehead atoms. The van der Waals surface area contributed by atoms with E-state index in [0.717, 1.165) is 35.6 Å². The second-order valence-corrected chi connectivity index (χ2v) is 13.5. The number of imidazole rings is 4. The molecular formula is C44H45FI2K2N11O13-. The largest absolute Gasteiger partial charge is 1.00 e. The molecule has 3 N–H and O–H groups in total. The van der Waals surface area contributed by atoms with Gasteiger partial charge in [0.1, 0.15) is 17.8 Å². The molecule has 0 radical (unpaired) electrons. The zero-order valence-corrected chi connectivity index (χ0v) is 49.1. The van der Waals surface area contributed by atoms with Crippen molar-refractivity contribution >= 4 is 58.7 Å². The number of nitro groups is 3. The van der Waals surface area contributed by atoms with Gasteiger partial charge in [-0.1, -0.05) is 21.3 Å². The summed E-state index contributed by atoms with van der Waals surface area (Å²) in [6.07, 6.45) is 14.1. The van der Waals surface area contributed by atoms with Crippen LogP contribution in [-0.2, 0) is 22.9 Å². The van der Waals surface area contributed by atoms with Crippen molar-refractivity contribution in [2.75, 3.05) is 0 Å². The number of aliphatic hydroxyl groups excluding tert-OH is 2. The van der Waals surface area contributed by atoms with Crippen LogP contribution in [0.25, 0.3) is 17.1 Å². The van der Waals surface area contributed by atoms with Crippen LogP contribution >= 0.6 is 22.6 Å². The number of non-ortho nitro benzene ring substituents is 3. The Kier molecular flexibility index (Phi) is 41.3. The van der Waals surface area contributed by atoms with E-state index in [1.165, 1.54) is 46.7 Å². The molecule has 73 heavy (non-hydrogen) atoms. The molecule has 0 unspecified atom stereocenters. The number of aromatic amines is 1. The number of H-pyrrole nitrogens is 1. The number of halogens is 3. The molecule has 0 saturated carbocycles. The predicted molar refractivity (Wildman–Crippen MR) is 257 cm³/mol. The SMILES string of the molecule is C.CC.O=CO[O-].O=Cc1cn(-c2ccc([N+](=O)[O-])cc2)cn1.O=Cc1cnc[nH]1.O=[N+]([O-])c1ccc(-n2cnc(CO)c2)cc1.O=[N+]([O-])c1ccc(F)cc1.OCc1cn(-c2ccc(I)cc2)cn1.[H-].[I-].[K+].[K+]. The molecule has 378 valence electrons. The zero-order chi connectivity index (χ0) is 51.1. The number of nitrogens with zero attached hydrogens (tertiary/aromatic N) is 10. The van der Waals surface area contributed by atoms with Gasteiger partial charge in [-0.2, -0.15) is 0 Å². The van der Waals surface area contributed by atoms with E-state index in [1.54, 1.807) is 58.4 Å². The average Bonchev–Trinajstić information content (AvgIpc) is 4.25. The molecule has 0 aliphatic rings. The third-order valence-electron chi connectivity index (χ3n) is 7.88. The van der Waals surface area contributed by atoms with Gasteiger partial charge in [-0.05, 0) is 83.3 Å². The van der Waals surface area contributed by atoms with E-state index in [1.807, 2.05) is 48.9 Å². The summed E-state index contributed by atoms with van der Waals surface area (Å²) in [5.74, 6) is -0.467. The van der Waals surface area contributed by atoms with Crippen LogP contribution < -0.4 is 132 Å². The second-order valence-electron chi connectivity index (χ2n) is 12.3. The van der Waals surface area contributed by atoms with Crippen molar-refractivity contribution in [1.29, 1.82) is 0 Å². The minimum atomic E-state index is -0.570. The van der Waals surface area contributed by atoms with E-state index >= 15 is 0 Å². The van der Waals surface area contributed by atoms with Crippen LogP contribution in [0.5, 0.6) is 0 Å². The smallest absolute Gasteiger partial charge is 1.00 e. The Labute approximate surface area is 533 Å². The standard InChI is InChI=1S/C10H9IN2O.C10H9N3O3.C10H7N3O3.C6H4FNO2.C4H4N2O.C2H6.CH2O3.CH4.HI.2K.H/c11-8-1-3-10(4-2-8)13-5-9(6-14)12-7-13;2*14-6-8-5-12(7-11-8)9-1-3-10(4-2-9)13(15)16;7-5-1-3-6(4-2-5)8(9)10;7-2-4-1-5-3-6-4;1-2;2-1-4-3;;;;;/h1-5,7,14H,6H2;1-5,7,14H,6H2;1-7H;1-4H;1-3H,(H,5,6);1-2H3;1,3H;1H4;1H;;;/q;;;;;;;;;2*+1;-1/p-2. The van der Waals surface area contributed by atoms with Gasteiger partial charge >= 0.3 is 103 Å². The first-order valence-corrected chi connectivity index (χ1v) is 20.4. The molecule has 0 aliphatic heterocycles. The molecule has 29 heteroatoms. The maximum Gasteiger partial charge on any atom is 1.00 e. The molecule has 0 fully saturated rings. The Bertz CT molecular complexity index is 2800. The number of aldehydes is 2. The van der Waals surface area contributed by atoms with Gasteiger partial charge in [-0.3, -0.25) is 44.7 Å². The second kappa shape index (κ2) is 41.6. The molecule has 0 amide bonds. The van der Waals surface area contributed by atoms with Crippen LogP contribution in [0.4, 0.5) is 21.5 Å². The number of nitrogens with one attached hydrogen (secondary N) is 1. The molecule has 0 spiro atoms. The van der Waals surface area contributed by atoms with Gasteiger partial charge in [0.25, 0.3) is 23.5 Å². The number of aliphatic hydroxyl groups is 2. The predicted octanol–water partition coefficient (Wildman–Crippen LogP) is -1.99. The Morgan fingerprint density at radius 3 is 1.29 bits per heavy atom. The van der Waals surface area contributed by atoms with Crippen molar-refractivity contribution in [2.45, 2.75) is 34.5 Å². The van der Waals surface area contributed by atoms with Crippen molar-refractivity contribution in [1.82, 2.24) is 38.6 Å². The first kappa shape index (κ1) is 72.5. The maximum atomic E-state index is 12.1. The summed E-state index contributed by atoms with van der Waals surface area (Å²) in [5, 5.41) is 57.0. The molecule has 8 rings (SSSR count). The van der Waals surface area contributed by atoms with E-state index in [-0.39, 0.29) is 172 Å². The third kappa shape index (κ3) is 27.4. The number of benzene rings is 4. The first-order valence-electron chi connectivity index (χ1n) is 19.3. The van der Waals surface area contributed by atoms with E-state index < -0.39 is 20.6 Å². The normalized spacial score (nSPS) is 8.92. The third-order valence-corrected chi connectivity index (χ3v) is 8.60. The van der Waals surface area contributed by atoms with Crippen LogP contribution in [0.15, 0.2) is 147 Å². The summed E-state index contributed by atoms with van der Waals surface area (Å²) in [6.45, 7) is 3.68. The summed E-state index contributed by atoms with van der Waals surface area (Å²) < 4.78 is 18.5. The van der Waals surface area contributed by atoms with Gasteiger partial charge in [0.2, 0.25) is 0 Å². The van der Waals surface area contributed by atoms with Crippen LogP contribution in [0.1, 0.15) is 55.1 Å². The number of rotatable bonds is 11. The molecule has 0 atom stereocenters. The molecule has 0 saturated heterocycles. The number of hydrogen-bond donors (Lipinski definition) is 3. The van der Waals surface area contributed by atoms with Gasteiger partial charge in [0, 0.05) is 75.6 Å². The molecule has 4 aromatic heterocycles. The Morgan fingerprint density at radius 2 is 1.01 bits per heavy atom. The van der Waals surface area contributed by atoms with Gasteiger partial charge in [0.15, 0.2) is 12.6 Å². The molecule has 8 aromatic rings. The minimum absolute atomic E-state index is 0. The van der Waals surface area contributed by atoms with E-state index in [4.69, 9.17) is 20.3 Å². The van der Waals surface area contributed by atoms with Crippen molar-refractivity contribution in [3.8, 4) is 17.1 Å². The quantitative estimate of drug-likeness (QED) is 0.0315. The van der Waals surface area contributed by atoms with Crippen LogP contribution in [0.3, 0.4) is 0 Å². The monoisotopic (exact) mass is 1290 g/mol. The Hall–Kier alpha value is -4.73. The minimum Gasteiger partial charge on any atom is -1.00 e. The van der Waals surface area contributed by atoms with Crippen molar-refractivity contribution in [2.24, 2.45) is 0 Å². The van der Waals surface area contributed by atoms with Crippen molar-refractivity contribution in [3.05, 3.63) is 210 Å². The fraction of sp³-hybridized carbons (Fsp3) is 0.114. The number of carbonyl (C=O) groups excluding carboxylic acids is 3. The van der Waals surface area contributed by atoms with Gasteiger partial charge < -0.3 is 64.4 Å². The first-order chi connectivity index (χ1) is 33.2. The molecule has 4 aromatic carbocycles. The average molecular weight is 1290 g/mol. The van der Waals surface area contributed by atoms with E-state index in [0.29, 0.717) is 41.0 Å². The molecule has 0 aliphatic carbocycles. The fourth-order valence-corrected chi connectivity index (χ4v) is 5.07. The van der Waals surface area contributed by atoms with E-state index in [2.05, 4.69) is 52.4 Å². The maximum absolute atomic E-state index is 12.1. The summed E-state index contributed by atoms with van der Waals surface area (Å²) in [5.41, 5.74) is 4.58. The fourth-order valence-electron chi connectivity index (χ4n) is 4.71. The van der Waals surface area contributed by atoms with Gasteiger partial charge in [0.05, 0.1) is 70.2 Å². The van der Waals surface area contributed by atoms with Crippen LogP contribution in [0.2, 0.25) is 0 Å². The number of nitro benzene ring substituents is 3.